The zero-order valence-electron chi connectivity index (χ0n) is 15.5. The lowest BCUT2D eigenvalue weighted by Crippen LogP contribution is -2.27. The number of hydrogen-bond donors (Lipinski definition) is 1. The molecule has 0 atom stereocenters. The van der Waals surface area contributed by atoms with Crippen LogP contribution >= 0.6 is 11.3 Å². The number of para-hydroxylation sites is 3. The van der Waals surface area contributed by atoms with Gasteiger partial charge in [-0.3, -0.25) is 4.79 Å². The van der Waals surface area contributed by atoms with Crippen LogP contribution in [0.25, 0.3) is 10.2 Å². The molecule has 5 heteroatoms. The first-order chi connectivity index (χ1) is 13.2. The number of nitrogens with zero attached hydrogens (tertiary/aromatic N) is 1. The fourth-order valence-electron chi connectivity index (χ4n) is 4.14. The maximum Gasteiger partial charge on any atom is 0.225 e. The van der Waals surface area contributed by atoms with Gasteiger partial charge in [0.2, 0.25) is 5.91 Å². The third kappa shape index (κ3) is 3.98. The maximum absolute atomic E-state index is 12.8. The summed E-state index contributed by atoms with van der Waals surface area (Å²) in [6.07, 6.45) is 5.96. The summed E-state index contributed by atoms with van der Waals surface area (Å²) >= 11 is 1.76. The summed E-state index contributed by atoms with van der Waals surface area (Å²) in [5, 5.41) is 4.19. The molecular formula is C22H24N2O2S. The van der Waals surface area contributed by atoms with E-state index in [1.165, 1.54) is 17.5 Å². The first-order valence-corrected chi connectivity index (χ1v) is 10.3. The predicted octanol–water partition coefficient (Wildman–Crippen LogP) is 5.44. The van der Waals surface area contributed by atoms with Gasteiger partial charge in [0, 0.05) is 12.8 Å². The van der Waals surface area contributed by atoms with Crippen LogP contribution in [0, 0.1) is 5.41 Å². The van der Waals surface area contributed by atoms with Crippen LogP contribution in [0.4, 0.5) is 5.69 Å². The molecule has 1 aliphatic rings. The zero-order valence-corrected chi connectivity index (χ0v) is 16.3. The van der Waals surface area contributed by atoms with Crippen LogP contribution in [-0.4, -0.2) is 18.0 Å². The molecule has 0 bridgehead atoms. The summed E-state index contributed by atoms with van der Waals surface area (Å²) in [5.74, 6) is 0.750. The van der Waals surface area contributed by atoms with E-state index in [-0.39, 0.29) is 11.3 Å². The van der Waals surface area contributed by atoms with Crippen molar-refractivity contribution in [3.05, 3.63) is 53.5 Å². The van der Waals surface area contributed by atoms with E-state index in [4.69, 9.17) is 9.72 Å². The highest BCUT2D eigenvalue weighted by atomic mass is 32.1. The van der Waals surface area contributed by atoms with E-state index < -0.39 is 0 Å². The Hall–Kier alpha value is -2.40. The molecule has 1 saturated carbocycles. The van der Waals surface area contributed by atoms with Crippen LogP contribution < -0.4 is 10.1 Å². The number of ether oxygens (including phenoxy) is 1. The minimum atomic E-state index is 0.0139. The molecule has 0 spiro atoms. The molecule has 0 aliphatic heterocycles. The maximum atomic E-state index is 12.8. The van der Waals surface area contributed by atoms with E-state index in [0.29, 0.717) is 12.2 Å². The van der Waals surface area contributed by atoms with Crippen molar-refractivity contribution in [2.45, 2.75) is 38.5 Å². The van der Waals surface area contributed by atoms with Crippen molar-refractivity contribution in [1.29, 1.82) is 0 Å². The molecule has 140 valence electrons. The highest BCUT2D eigenvalue weighted by Crippen LogP contribution is 2.45. The Kier molecular flexibility index (Phi) is 5.12. The lowest BCUT2D eigenvalue weighted by molar-refractivity contribution is -0.118. The minimum Gasteiger partial charge on any atom is -0.495 e. The Morgan fingerprint density at radius 2 is 1.89 bits per heavy atom. The van der Waals surface area contributed by atoms with Gasteiger partial charge in [-0.15, -0.1) is 11.3 Å². The molecule has 4 rings (SSSR count). The minimum absolute atomic E-state index is 0.0139. The number of carbonyl (C=O) groups is 1. The van der Waals surface area contributed by atoms with Gasteiger partial charge in [-0.1, -0.05) is 37.1 Å². The molecule has 1 fully saturated rings. The fraction of sp³-hybridized carbons (Fsp3) is 0.364. The molecule has 0 saturated heterocycles. The van der Waals surface area contributed by atoms with Gasteiger partial charge < -0.3 is 10.1 Å². The highest BCUT2D eigenvalue weighted by Gasteiger charge is 2.37. The Morgan fingerprint density at radius 1 is 1.15 bits per heavy atom. The molecular weight excluding hydrogens is 356 g/mol. The number of amides is 1. The monoisotopic (exact) mass is 380 g/mol. The van der Waals surface area contributed by atoms with Crippen molar-refractivity contribution in [3.63, 3.8) is 0 Å². The average Bonchev–Trinajstić information content (AvgIpc) is 3.28. The van der Waals surface area contributed by atoms with E-state index in [9.17, 15) is 4.79 Å². The van der Waals surface area contributed by atoms with Crippen LogP contribution in [0.1, 0.15) is 37.1 Å². The van der Waals surface area contributed by atoms with E-state index in [1.54, 1.807) is 18.4 Å². The number of thiazole rings is 1. The summed E-state index contributed by atoms with van der Waals surface area (Å²) in [7, 11) is 1.62. The van der Waals surface area contributed by atoms with Gasteiger partial charge in [-0.05, 0) is 42.5 Å². The van der Waals surface area contributed by atoms with Gasteiger partial charge in [-0.2, -0.15) is 0 Å². The molecule has 2 aromatic carbocycles. The third-order valence-corrected chi connectivity index (χ3v) is 6.48. The Morgan fingerprint density at radius 3 is 2.67 bits per heavy atom. The number of benzene rings is 2. The van der Waals surface area contributed by atoms with Crippen LogP contribution in [0.5, 0.6) is 5.75 Å². The van der Waals surface area contributed by atoms with Crippen molar-refractivity contribution in [1.82, 2.24) is 4.98 Å². The zero-order chi connectivity index (χ0) is 18.7. The number of carbonyl (C=O) groups excluding carboxylic acids is 1. The first-order valence-electron chi connectivity index (χ1n) is 9.45. The Bertz CT molecular complexity index is 911. The molecule has 4 nitrogen and oxygen atoms in total. The van der Waals surface area contributed by atoms with Crippen molar-refractivity contribution >= 4 is 33.1 Å². The summed E-state index contributed by atoms with van der Waals surface area (Å²) in [6.45, 7) is 0. The first kappa shape index (κ1) is 18.0. The van der Waals surface area contributed by atoms with Crippen LogP contribution in [0.15, 0.2) is 48.5 Å². The third-order valence-electron chi connectivity index (χ3n) is 5.45. The summed E-state index contributed by atoms with van der Waals surface area (Å²) in [6, 6.07) is 15.8. The number of fused-ring (bicyclic) bond motifs is 1. The Labute approximate surface area is 163 Å². The van der Waals surface area contributed by atoms with Gasteiger partial charge in [0.25, 0.3) is 0 Å². The van der Waals surface area contributed by atoms with E-state index in [1.807, 2.05) is 30.3 Å². The quantitative estimate of drug-likeness (QED) is 0.620. The standard InChI is InChI=1S/C22H24N2O2S/c1-26-18-10-4-2-8-16(18)23-20(25)14-22(12-6-7-13-22)15-21-24-17-9-3-5-11-19(17)27-21/h2-5,8-11H,6-7,12-15H2,1H3,(H,23,25). The normalized spacial score (nSPS) is 15.7. The van der Waals surface area contributed by atoms with Gasteiger partial charge >= 0.3 is 0 Å². The van der Waals surface area contributed by atoms with Crippen molar-refractivity contribution in [2.75, 3.05) is 12.4 Å². The molecule has 1 amide bonds. The average molecular weight is 381 g/mol. The Balaban J connectivity index is 1.50. The second-order valence-corrected chi connectivity index (χ2v) is 8.50. The molecule has 27 heavy (non-hydrogen) atoms. The predicted molar refractivity (Wildman–Crippen MR) is 110 cm³/mol. The number of aromatic nitrogens is 1. The molecule has 1 heterocycles. The lowest BCUT2D eigenvalue weighted by Gasteiger charge is -2.27. The largest absolute Gasteiger partial charge is 0.495 e. The van der Waals surface area contributed by atoms with E-state index in [2.05, 4.69) is 23.5 Å². The number of hydrogen-bond acceptors (Lipinski definition) is 4. The molecule has 0 radical (unpaired) electrons. The molecule has 0 unspecified atom stereocenters. The summed E-state index contributed by atoms with van der Waals surface area (Å²) in [4.78, 5) is 17.6. The van der Waals surface area contributed by atoms with Gasteiger partial charge in [0.05, 0.1) is 28.0 Å². The highest BCUT2D eigenvalue weighted by molar-refractivity contribution is 7.18. The SMILES string of the molecule is COc1ccccc1NC(=O)CC1(Cc2nc3ccccc3s2)CCCC1. The van der Waals surface area contributed by atoms with Gasteiger partial charge in [0.15, 0.2) is 0 Å². The molecule has 3 aromatic rings. The van der Waals surface area contributed by atoms with E-state index in [0.717, 1.165) is 35.5 Å². The van der Waals surface area contributed by atoms with E-state index >= 15 is 0 Å². The molecule has 1 aromatic heterocycles. The second-order valence-electron chi connectivity index (χ2n) is 7.38. The van der Waals surface area contributed by atoms with Crippen LogP contribution in [-0.2, 0) is 11.2 Å². The second kappa shape index (κ2) is 7.69. The number of anilines is 1. The number of methoxy groups -OCH3 is 1. The van der Waals surface area contributed by atoms with Crippen molar-refractivity contribution in [2.24, 2.45) is 5.41 Å². The van der Waals surface area contributed by atoms with Gasteiger partial charge in [-0.25, -0.2) is 4.98 Å². The van der Waals surface area contributed by atoms with Gasteiger partial charge in [0.1, 0.15) is 5.75 Å². The summed E-state index contributed by atoms with van der Waals surface area (Å²) in [5.41, 5.74) is 1.81. The molecule has 1 N–H and O–H groups in total. The topological polar surface area (TPSA) is 51.2 Å². The van der Waals surface area contributed by atoms with Crippen molar-refractivity contribution in [3.8, 4) is 5.75 Å². The summed E-state index contributed by atoms with van der Waals surface area (Å²) < 4.78 is 6.57. The number of nitrogens with one attached hydrogen (secondary N) is 1. The fourth-order valence-corrected chi connectivity index (χ4v) is 5.28. The smallest absolute Gasteiger partial charge is 0.225 e. The van der Waals surface area contributed by atoms with Crippen LogP contribution in [0.2, 0.25) is 0 Å². The lowest BCUT2D eigenvalue weighted by atomic mass is 9.79. The van der Waals surface area contributed by atoms with Crippen molar-refractivity contribution < 1.29 is 9.53 Å². The van der Waals surface area contributed by atoms with Crippen LogP contribution in [0.3, 0.4) is 0 Å². The molecule has 1 aliphatic carbocycles. The number of rotatable bonds is 6.